The summed E-state index contributed by atoms with van der Waals surface area (Å²) < 4.78 is 0. The first-order valence-corrected chi connectivity index (χ1v) is 15.7. The lowest BCUT2D eigenvalue weighted by atomic mass is 9.81. The van der Waals surface area contributed by atoms with Crippen LogP contribution in [0.2, 0.25) is 51.4 Å². The molecule has 4 atom stereocenters. The summed E-state index contributed by atoms with van der Waals surface area (Å²) in [6.07, 6.45) is 4.48. The van der Waals surface area contributed by atoms with E-state index >= 15 is 0 Å². The summed E-state index contributed by atoms with van der Waals surface area (Å²) in [6.45, 7) is 13.9. The Bertz CT molecular complexity index is 338. The van der Waals surface area contributed by atoms with Crippen molar-refractivity contribution in [1.29, 1.82) is 0 Å². The molecule has 4 heteroatoms. The molecule has 0 aromatic rings. The Morgan fingerprint density at radius 1 is 0.800 bits per heavy atom. The van der Waals surface area contributed by atoms with E-state index < -0.39 is 27.3 Å². The van der Waals surface area contributed by atoms with Crippen molar-refractivity contribution in [2.24, 2.45) is 11.8 Å². The molecule has 0 amide bonds. The van der Waals surface area contributed by atoms with E-state index in [0.29, 0.717) is 11.8 Å². The average Bonchev–Trinajstić information content (AvgIpc) is 2.35. The van der Waals surface area contributed by atoms with Crippen molar-refractivity contribution in [2.45, 2.75) is 88.3 Å². The molecule has 0 saturated heterocycles. The van der Waals surface area contributed by atoms with E-state index in [1.54, 1.807) is 0 Å². The summed E-state index contributed by atoms with van der Waals surface area (Å²) in [4.78, 5) is 0. The van der Waals surface area contributed by atoms with Gasteiger partial charge in [-0.2, -0.15) is 0 Å². The second kappa shape index (κ2) is 4.93. The monoisotopic (exact) mass is 314 g/mol. The van der Waals surface area contributed by atoms with Gasteiger partial charge in [0.25, 0.3) is 0 Å². The maximum absolute atomic E-state index is 11.6. The van der Waals surface area contributed by atoms with Gasteiger partial charge in [-0.05, 0) is 43.2 Å². The van der Waals surface area contributed by atoms with Gasteiger partial charge in [0.15, 0.2) is 0 Å². The highest BCUT2D eigenvalue weighted by Gasteiger charge is 2.65. The van der Waals surface area contributed by atoms with Crippen molar-refractivity contribution < 1.29 is 10.2 Å². The molecule has 2 N–H and O–H groups in total. The molecule has 0 spiro atoms. The van der Waals surface area contributed by atoms with Crippen LogP contribution in [0.5, 0.6) is 0 Å². The van der Waals surface area contributed by atoms with Crippen molar-refractivity contribution in [2.75, 3.05) is 0 Å². The third kappa shape index (κ3) is 2.94. The highest BCUT2D eigenvalue weighted by Crippen LogP contribution is 2.59. The molecule has 2 aliphatic rings. The zero-order valence-electron chi connectivity index (χ0n) is 14.3. The van der Waals surface area contributed by atoms with E-state index in [1.807, 2.05) is 0 Å². The quantitative estimate of drug-likeness (QED) is 0.772. The Balaban J connectivity index is 2.39. The summed E-state index contributed by atoms with van der Waals surface area (Å²) in [5.41, 5.74) is -1.61. The van der Waals surface area contributed by atoms with Crippen molar-refractivity contribution in [3.63, 3.8) is 0 Å². The molecule has 2 bridgehead atoms. The van der Waals surface area contributed by atoms with Crippen LogP contribution in [0.25, 0.3) is 0 Å². The van der Waals surface area contributed by atoms with E-state index in [0.717, 1.165) is 31.4 Å². The summed E-state index contributed by atoms with van der Waals surface area (Å²) in [6, 6.07) is 1.73. The van der Waals surface area contributed by atoms with Crippen molar-refractivity contribution in [3.05, 3.63) is 0 Å². The van der Waals surface area contributed by atoms with Gasteiger partial charge in [-0.25, -0.2) is 0 Å². The minimum Gasteiger partial charge on any atom is -0.387 e. The van der Waals surface area contributed by atoms with Gasteiger partial charge in [-0.15, -0.1) is 0 Å². The fourth-order valence-electron chi connectivity index (χ4n) is 4.98. The topological polar surface area (TPSA) is 40.5 Å². The van der Waals surface area contributed by atoms with Crippen LogP contribution in [0.4, 0.5) is 0 Å². The van der Waals surface area contributed by atoms with Crippen molar-refractivity contribution in [1.82, 2.24) is 0 Å². The lowest BCUT2D eigenvalue weighted by molar-refractivity contribution is -0.140. The largest absolute Gasteiger partial charge is 0.387 e. The van der Waals surface area contributed by atoms with Crippen LogP contribution in [-0.4, -0.2) is 37.6 Å². The van der Waals surface area contributed by atoms with Gasteiger partial charge in [-0.3, -0.25) is 0 Å². The summed E-state index contributed by atoms with van der Waals surface area (Å²) >= 11 is 0. The standard InChI is InChI=1S/C16H34O2Si2/c1-19(2,3)11-15(17)13-8-7-9-14(10-13)16(15,18)12-20(4,5)6/h13-14,17-18H,7-12H2,1-6H3. The third-order valence-electron chi connectivity index (χ3n) is 5.37. The summed E-state index contributed by atoms with van der Waals surface area (Å²) in [5, 5.41) is 23.2. The lowest BCUT2D eigenvalue weighted by Gasteiger charge is -2.47. The summed E-state index contributed by atoms with van der Waals surface area (Å²) in [5.74, 6) is 0.684. The number of fused-ring (bicyclic) bond motifs is 2. The molecule has 2 saturated carbocycles. The van der Waals surface area contributed by atoms with E-state index in [1.165, 1.54) is 6.42 Å². The maximum atomic E-state index is 11.6. The molecule has 0 aromatic carbocycles. The molecular formula is C16H34O2Si2. The van der Waals surface area contributed by atoms with Crippen LogP contribution in [0, 0.1) is 11.8 Å². The fraction of sp³-hybridized carbons (Fsp3) is 1.00. The number of hydrogen-bond acceptors (Lipinski definition) is 2. The first-order chi connectivity index (χ1) is 8.87. The third-order valence-corrected chi connectivity index (χ3v) is 8.57. The maximum Gasteiger partial charge on any atom is 0.0938 e. The van der Waals surface area contributed by atoms with E-state index in [4.69, 9.17) is 0 Å². The molecular weight excluding hydrogens is 280 g/mol. The van der Waals surface area contributed by atoms with E-state index in [9.17, 15) is 10.2 Å². The predicted molar refractivity (Wildman–Crippen MR) is 91.7 cm³/mol. The minimum atomic E-state index is -1.41. The smallest absolute Gasteiger partial charge is 0.0938 e. The Kier molecular flexibility index (Phi) is 4.12. The van der Waals surface area contributed by atoms with Gasteiger partial charge in [0.1, 0.15) is 0 Å². The second-order valence-corrected chi connectivity index (χ2v) is 20.8. The minimum absolute atomic E-state index is 0.342. The van der Waals surface area contributed by atoms with Crippen LogP contribution in [-0.2, 0) is 0 Å². The molecule has 0 aliphatic heterocycles. The zero-order chi connectivity index (χ0) is 15.4. The molecule has 0 heterocycles. The van der Waals surface area contributed by atoms with Gasteiger partial charge in [0.05, 0.1) is 11.2 Å². The zero-order valence-corrected chi connectivity index (χ0v) is 16.3. The SMILES string of the molecule is C[Si](C)(C)CC1(O)C2CCCC(C2)C1(O)C[Si](C)(C)C. The normalized spacial score (nSPS) is 42.0. The van der Waals surface area contributed by atoms with Gasteiger partial charge >= 0.3 is 0 Å². The molecule has 2 aliphatic carbocycles. The molecule has 118 valence electrons. The number of hydrogen-bond donors (Lipinski definition) is 2. The van der Waals surface area contributed by atoms with E-state index in [2.05, 4.69) is 39.3 Å². The molecule has 0 aromatic heterocycles. The number of rotatable bonds is 4. The van der Waals surface area contributed by atoms with Gasteiger partial charge in [0, 0.05) is 16.1 Å². The van der Waals surface area contributed by atoms with Gasteiger partial charge < -0.3 is 10.2 Å². The Morgan fingerprint density at radius 2 is 1.15 bits per heavy atom. The van der Waals surface area contributed by atoms with Gasteiger partial charge in [-0.1, -0.05) is 45.7 Å². The average molecular weight is 315 g/mol. The van der Waals surface area contributed by atoms with Gasteiger partial charge in [0.2, 0.25) is 0 Å². The molecule has 2 nitrogen and oxygen atoms in total. The predicted octanol–water partition coefficient (Wildman–Crippen LogP) is 3.95. The highest BCUT2D eigenvalue weighted by molar-refractivity contribution is 6.77. The first-order valence-electron chi connectivity index (χ1n) is 8.32. The first kappa shape index (κ1) is 16.7. The van der Waals surface area contributed by atoms with Crippen LogP contribution in [0.3, 0.4) is 0 Å². The Morgan fingerprint density at radius 3 is 1.45 bits per heavy atom. The molecule has 2 fully saturated rings. The molecule has 20 heavy (non-hydrogen) atoms. The summed E-state index contributed by atoms with van der Waals surface area (Å²) in [7, 11) is -2.83. The van der Waals surface area contributed by atoms with Crippen LogP contribution >= 0.6 is 0 Å². The fourth-order valence-corrected chi connectivity index (χ4v) is 9.40. The van der Waals surface area contributed by atoms with Crippen LogP contribution < -0.4 is 0 Å². The van der Waals surface area contributed by atoms with Crippen LogP contribution in [0.1, 0.15) is 25.7 Å². The Hall–Kier alpha value is 0.354. The Labute approximate surface area is 127 Å². The molecule has 4 unspecified atom stereocenters. The van der Waals surface area contributed by atoms with E-state index in [-0.39, 0.29) is 0 Å². The number of aliphatic hydroxyl groups is 2. The van der Waals surface area contributed by atoms with Crippen LogP contribution in [0.15, 0.2) is 0 Å². The highest BCUT2D eigenvalue weighted by atomic mass is 28.3. The lowest BCUT2D eigenvalue weighted by Crippen LogP contribution is -2.60. The van der Waals surface area contributed by atoms with Crippen molar-refractivity contribution in [3.8, 4) is 0 Å². The molecule has 0 radical (unpaired) electrons. The molecule has 2 rings (SSSR count). The second-order valence-electron chi connectivity index (χ2n) is 9.88. The van der Waals surface area contributed by atoms with Crippen molar-refractivity contribution >= 4 is 16.1 Å².